The lowest BCUT2D eigenvalue weighted by Gasteiger charge is -2.20. The Morgan fingerprint density at radius 2 is 2.11 bits per heavy atom. The second-order valence-electron chi connectivity index (χ2n) is 5.67. The van der Waals surface area contributed by atoms with Gasteiger partial charge in [-0.2, -0.15) is 0 Å². The topological polar surface area (TPSA) is 46.5 Å². The van der Waals surface area contributed by atoms with Crippen molar-refractivity contribution in [1.29, 1.82) is 0 Å². The fraction of sp³-hybridized carbons (Fsp3) is 0.533. The number of benzene rings is 1. The number of Topliss-reactive ketones (excluding diaryl/α,β-unsaturated/α-hetero) is 1. The zero-order chi connectivity index (χ0) is 13.2. The summed E-state index contributed by atoms with van der Waals surface area (Å²) in [6.07, 6.45) is 6.24. The Morgan fingerprint density at radius 1 is 1.32 bits per heavy atom. The van der Waals surface area contributed by atoms with Crippen LogP contribution >= 0.6 is 0 Å². The second-order valence-corrected chi connectivity index (χ2v) is 5.67. The summed E-state index contributed by atoms with van der Waals surface area (Å²) < 4.78 is 5.17. The molecule has 0 bridgehead atoms. The van der Waals surface area contributed by atoms with Crippen LogP contribution in [-0.4, -0.2) is 17.9 Å². The Hall–Kier alpha value is -1.13. The van der Waals surface area contributed by atoms with Gasteiger partial charge in [-0.15, -0.1) is 0 Å². The Balaban J connectivity index is 1.69. The van der Waals surface area contributed by atoms with Crippen molar-refractivity contribution in [2.75, 3.05) is 0 Å². The molecule has 3 rings (SSSR count). The van der Waals surface area contributed by atoms with Crippen LogP contribution in [0.15, 0.2) is 18.2 Å². The molecule has 1 aromatic rings. The molecule has 1 saturated carbocycles. The van der Waals surface area contributed by atoms with Crippen molar-refractivity contribution >= 4 is 18.4 Å². The molecule has 1 aliphatic heterocycles. The van der Waals surface area contributed by atoms with Gasteiger partial charge in [0.2, 0.25) is 0 Å². The number of ketones is 1. The lowest BCUT2D eigenvalue weighted by molar-refractivity contribution is -0.123. The van der Waals surface area contributed by atoms with E-state index in [9.17, 15) is 9.82 Å². The molecule has 0 spiro atoms. The van der Waals surface area contributed by atoms with Gasteiger partial charge in [-0.25, -0.2) is 0 Å². The lowest BCUT2D eigenvalue weighted by atomic mass is 9.78. The van der Waals surface area contributed by atoms with E-state index in [-0.39, 0.29) is 5.92 Å². The van der Waals surface area contributed by atoms with Crippen LogP contribution < -0.4 is 5.46 Å². The molecular weight excluding hydrogens is 239 g/mol. The monoisotopic (exact) mass is 258 g/mol. The van der Waals surface area contributed by atoms with E-state index in [1.54, 1.807) is 0 Å². The molecule has 0 unspecified atom stereocenters. The summed E-state index contributed by atoms with van der Waals surface area (Å²) in [6, 6.07) is 5.88. The molecule has 1 heterocycles. The summed E-state index contributed by atoms with van der Waals surface area (Å²) in [6.45, 7) is 0.466. The molecule has 0 radical (unpaired) electrons. The van der Waals surface area contributed by atoms with E-state index in [0.717, 1.165) is 29.4 Å². The average Bonchev–Trinajstić information content (AvgIpc) is 2.81. The molecule has 4 heteroatoms. The molecule has 2 aliphatic rings. The molecule has 0 amide bonds. The van der Waals surface area contributed by atoms with Crippen molar-refractivity contribution in [2.45, 2.75) is 45.1 Å². The van der Waals surface area contributed by atoms with Crippen LogP contribution in [0.5, 0.6) is 0 Å². The third-order valence-corrected chi connectivity index (χ3v) is 4.31. The fourth-order valence-corrected chi connectivity index (χ4v) is 3.14. The molecule has 1 fully saturated rings. The van der Waals surface area contributed by atoms with Gasteiger partial charge < -0.3 is 9.68 Å². The van der Waals surface area contributed by atoms with Crippen molar-refractivity contribution in [3.05, 3.63) is 29.3 Å². The SMILES string of the molecule is O=C(Cc1ccc2c(c1)B(O)OC2)C1CCCCC1. The minimum atomic E-state index is -0.820. The van der Waals surface area contributed by atoms with Crippen LogP contribution in [0.2, 0.25) is 0 Å². The predicted octanol–water partition coefficient (Wildman–Crippen LogP) is 1.60. The van der Waals surface area contributed by atoms with Crippen LogP contribution in [0.3, 0.4) is 0 Å². The van der Waals surface area contributed by atoms with Crippen molar-refractivity contribution in [3.63, 3.8) is 0 Å². The Morgan fingerprint density at radius 3 is 2.89 bits per heavy atom. The molecule has 19 heavy (non-hydrogen) atoms. The smallest absolute Gasteiger partial charge is 0.423 e. The quantitative estimate of drug-likeness (QED) is 0.837. The molecule has 0 atom stereocenters. The van der Waals surface area contributed by atoms with E-state index < -0.39 is 7.12 Å². The molecule has 3 nitrogen and oxygen atoms in total. The molecule has 0 saturated heterocycles. The lowest BCUT2D eigenvalue weighted by Crippen LogP contribution is -2.28. The number of carbonyl (C=O) groups excluding carboxylic acids is 1. The van der Waals surface area contributed by atoms with Crippen molar-refractivity contribution < 1.29 is 14.5 Å². The van der Waals surface area contributed by atoms with Crippen LogP contribution in [0, 0.1) is 5.92 Å². The summed E-state index contributed by atoms with van der Waals surface area (Å²) in [5.41, 5.74) is 2.86. The van der Waals surface area contributed by atoms with E-state index in [1.165, 1.54) is 19.3 Å². The highest BCUT2D eigenvalue weighted by atomic mass is 16.5. The molecule has 1 N–H and O–H groups in total. The van der Waals surface area contributed by atoms with Crippen LogP contribution in [0.25, 0.3) is 0 Å². The first-order valence-corrected chi connectivity index (χ1v) is 7.18. The normalized spacial score (nSPS) is 19.5. The number of hydrogen-bond acceptors (Lipinski definition) is 3. The number of hydrogen-bond donors (Lipinski definition) is 1. The van der Waals surface area contributed by atoms with Crippen molar-refractivity contribution in [1.82, 2.24) is 0 Å². The van der Waals surface area contributed by atoms with Gasteiger partial charge in [0.25, 0.3) is 0 Å². The largest absolute Gasteiger partial charge is 0.491 e. The molecule has 0 aromatic heterocycles. The van der Waals surface area contributed by atoms with Gasteiger partial charge in [0, 0.05) is 12.3 Å². The first kappa shape index (κ1) is 12.9. The van der Waals surface area contributed by atoms with Crippen LogP contribution in [-0.2, 0) is 22.5 Å². The molecule has 1 aromatic carbocycles. The number of rotatable bonds is 3. The standard InChI is InChI=1S/C15H19BO3/c17-15(12-4-2-1-3-5-12)9-11-6-7-13-10-19-16(18)14(13)8-11/h6-8,12,18H,1-5,9-10H2. The highest BCUT2D eigenvalue weighted by Crippen LogP contribution is 2.25. The maximum absolute atomic E-state index is 12.3. The second kappa shape index (κ2) is 5.47. The zero-order valence-corrected chi connectivity index (χ0v) is 11.1. The van der Waals surface area contributed by atoms with Gasteiger partial charge in [0.15, 0.2) is 0 Å². The fourth-order valence-electron chi connectivity index (χ4n) is 3.14. The first-order chi connectivity index (χ1) is 9.24. The van der Waals surface area contributed by atoms with Gasteiger partial charge in [0.05, 0.1) is 6.61 Å². The van der Waals surface area contributed by atoms with Crippen LogP contribution in [0.1, 0.15) is 43.2 Å². The summed E-state index contributed by atoms with van der Waals surface area (Å²) in [5, 5.41) is 9.68. The highest BCUT2D eigenvalue weighted by molar-refractivity contribution is 6.61. The van der Waals surface area contributed by atoms with Crippen molar-refractivity contribution in [3.8, 4) is 0 Å². The van der Waals surface area contributed by atoms with E-state index in [4.69, 9.17) is 4.65 Å². The minimum absolute atomic E-state index is 0.253. The molecular formula is C15H19BO3. The van der Waals surface area contributed by atoms with Gasteiger partial charge in [0.1, 0.15) is 5.78 Å². The first-order valence-electron chi connectivity index (χ1n) is 7.18. The highest BCUT2D eigenvalue weighted by Gasteiger charge is 2.28. The zero-order valence-electron chi connectivity index (χ0n) is 11.1. The van der Waals surface area contributed by atoms with Gasteiger partial charge in [-0.05, 0) is 29.4 Å². The summed E-state index contributed by atoms with van der Waals surface area (Å²) in [5.74, 6) is 0.608. The maximum atomic E-state index is 12.3. The third-order valence-electron chi connectivity index (χ3n) is 4.31. The van der Waals surface area contributed by atoms with E-state index in [2.05, 4.69) is 0 Å². The van der Waals surface area contributed by atoms with E-state index in [0.29, 0.717) is 18.8 Å². The van der Waals surface area contributed by atoms with Gasteiger partial charge in [-0.3, -0.25) is 4.79 Å². The Kier molecular flexibility index (Phi) is 3.71. The average molecular weight is 258 g/mol. The molecule has 1 aliphatic carbocycles. The van der Waals surface area contributed by atoms with Crippen LogP contribution in [0.4, 0.5) is 0 Å². The molecule has 100 valence electrons. The predicted molar refractivity (Wildman–Crippen MR) is 74.1 cm³/mol. The third kappa shape index (κ3) is 2.75. The van der Waals surface area contributed by atoms with E-state index in [1.807, 2.05) is 18.2 Å². The van der Waals surface area contributed by atoms with E-state index >= 15 is 0 Å². The number of fused-ring (bicyclic) bond motifs is 1. The van der Waals surface area contributed by atoms with Gasteiger partial charge in [-0.1, -0.05) is 37.5 Å². The Labute approximate surface area is 114 Å². The minimum Gasteiger partial charge on any atom is -0.423 e. The number of carbonyl (C=O) groups is 1. The summed E-state index contributed by atoms with van der Waals surface area (Å²) >= 11 is 0. The van der Waals surface area contributed by atoms with Gasteiger partial charge >= 0.3 is 7.12 Å². The summed E-state index contributed by atoms with van der Waals surface area (Å²) in [4.78, 5) is 12.3. The Bertz CT molecular complexity index is 480. The maximum Gasteiger partial charge on any atom is 0.491 e. The summed E-state index contributed by atoms with van der Waals surface area (Å²) in [7, 11) is -0.820. The van der Waals surface area contributed by atoms with Crippen molar-refractivity contribution in [2.24, 2.45) is 5.92 Å².